The molecule has 7 nitrogen and oxygen atoms in total. The number of aliphatic hydroxyl groups excluding tert-OH is 3. The number of ether oxygens (including phenoxy) is 1. The third kappa shape index (κ3) is 1.60. The van der Waals surface area contributed by atoms with Gasteiger partial charge >= 0.3 is 0 Å². The molecule has 1 rings (SSSR count). The molecule has 6 N–H and O–H groups in total. The van der Waals surface area contributed by atoms with Crippen molar-refractivity contribution in [3.05, 3.63) is 0 Å². The van der Waals surface area contributed by atoms with E-state index < -0.39 is 36.1 Å². The van der Waals surface area contributed by atoms with Crippen LogP contribution in [0.15, 0.2) is 0 Å². The van der Waals surface area contributed by atoms with Crippen LogP contribution in [0.1, 0.15) is 6.92 Å². The van der Waals surface area contributed by atoms with Gasteiger partial charge in [-0.3, -0.25) is 4.79 Å². The number of amides is 1. The molecule has 0 aromatic heterocycles. The molecule has 5 atom stereocenters. The van der Waals surface area contributed by atoms with Gasteiger partial charge in [0.25, 0.3) is 0 Å². The minimum absolute atomic E-state index is 1.03. The summed E-state index contributed by atoms with van der Waals surface area (Å²) in [7, 11) is 0. The molecule has 0 saturated carbocycles. The number of rotatable bonds is 1. The van der Waals surface area contributed by atoms with Crippen LogP contribution in [0.3, 0.4) is 0 Å². The van der Waals surface area contributed by atoms with Crippen LogP contribution in [0.4, 0.5) is 0 Å². The zero-order chi connectivity index (χ0) is 11.1. The Kier molecular flexibility index (Phi) is 2.79. The fourth-order valence-electron chi connectivity index (χ4n) is 1.37. The van der Waals surface area contributed by atoms with Gasteiger partial charge in [-0.1, -0.05) is 0 Å². The second-order valence-corrected chi connectivity index (χ2v) is 3.47. The zero-order valence-electron chi connectivity index (χ0n) is 7.49. The van der Waals surface area contributed by atoms with E-state index in [-0.39, 0.29) is 0 Å². The molecule has 0 radical (unpaired) electrons. The molecule has 0 aromatic rings. The van der Waals surface area contributed by atoms with Crippen LogP contribution in [0.2, 0.25) is 0 Å². The van der Waals surface area contributed by atoms with Gasteiger partial charge in [0, 0.05) is 0 Å². The Morgan fingerprint density at radius 1 is 1.43 bits per heavy atom. The zero-order valence-corrected chi connectivity index (χ0v) is 7.49. The van der Waals surface area contributed by atoms with Crippen molar-refractivity contribution < 1.29 is 30.0 Å². The Bertz CT molecular complexity index is 242. The van der Waals surface area contributed by atoms with Crippen LogP contribution >= 0.6 is 0 Å². The molecule has 1 heterocycles. The second-order valence-electron chi connectivity index (χ2n) is 3.47. The fraction of sp³-hybridized carbons (Fsp3) is 0.857. The van der Waals surface area contributed by atoms with Crippen molar-refractivity contribution in [3.8, 4) is 0 Å². The SMILES string of the molecule is C[C@@]1(O)[C@@H](C(N)=O)OC(O)[C@H](O)[C@H]1O. The summed E-state index contributed by atoms with van der Waals surface area (Å²) in [5.41, 5.74) is 2.86. The normalized spacial score (nSPS) is 48.9. The first kappa shape index (κ1) is 11.3. The Hall–Kier alpha value is -0.730. The van der Waals surface area contributed by atoms with E-state index in [1.54, 1.807) is 0 Å². The van der Waals surface area contributed by atoms with Crippen molar-refractivity contribution in [2.45, 2.75) is 37.1 Å². The van der Waals surface area contributed by atoms with Crippen molar-refractivity contribution in [1.29, 1.82) is 0 Å². The molecule has 7 heteroatoms. The molecule has 0 aliphatic carbocycles. The molecule has 1 fully saturated rings. The number of carbonyl (C=O) groups excluding carboxylic acids is 1. The van der Waals surface area contributed by atoms with E-state index in [2.05, 4.69) is 4.74 Å². The van der Waals surface area contributed by atoms with Gasteiger partial charge in [-0.15, -0.1) is 0 Å². The summed E-state index contributed by atoms with van der Waals surface area (Å²) in [6.07, 6.45) is -6.69. The van der Waals surface area contributed by atoms with E-state index in [0.717, 1.165) is 6.92 Å². The summed E-state index contributed by atoms with van der Waals surface area (Å²) >= 11 is 0. The highest BCUT2D eigenvalue weighted by atomic mass is 16.6. The smallest absolute Gasteiger partial charge is 0.249 e. The Balaban J connectivity index is 2.95. The maximum atomic E-state index is 10.8. The second kappa shape index (κ2) is 3.44. The fourth-order valence-corrected chi connectivity index (χ4v) is 1.37. The topological polar surface area (TPSA) is 133 Å². The first-order valence-corrected chi connectivity index (χ1v) is 4.00. The van der Waals surface area contributed by atoms with E-state index in [9.17, 15) is 15.0 Å². The van der Waals surface area contributed by atoms with Crippen LogP contribution in [-0.4, -0.2) is 56.5 Å². The molecule has 0 aromatic carbocycles. The van der Waals surface area contributed by atoms with Crippen LogP contribution in [0.5, 0.6) is 0 Å². The molecule has 14 heavy (non-hydrogen) atoms. The summed E-state index contributed by atoms with van der Waals surface area (Å²) < 4.78 is 4.57. The third-order valence-electron chi connectivity index (χ3n) is 2.28. The number of nitrogens with two attached hydrogens (primary N) is 1. The van der Waals surface area contributed by atoms with Crippen LogP contribution in [0.25, 0.3) is 0 Å². The van der Waals surface area contributed by atoms with Gasteiger partial charge < -0.3 is 30.9 Å². The summed E-state index contributed by atoms with van der Waals surface area (Å²) in [5.74, 6) is -1.03. The molecule has 1 aliphatic heterocycles. The van der Waals surface area contributed by atoms with Gasteiger partial charge in [0.05, 0.1) is 0 Å². The first-order valence-electron chi connectivity index (χ1n) is 4.00. The van der Waals surface area contributed by atoms with E-state index in [1.165, 1.54) is 0 Å². The monoisotopic (exact) mass is 207 g/mol. The molecule has 1 saturated heterocycles. The number of primary amides is 1. The number of hydrogen-bond donors (Lipinski definition) is 5. The van der Waals surface area contributed by atoms with Gasteiger partial charge in [0.1, 0.15) is 17.8 Å². The summed E-state index contributed by atoms with van der Waals surface area (Å²) in [6, 6.07) is 0. The molecular weight excluding hydrogens is 194 g/mol. The largest absolute Gasteiger partial charge is 0.387 e. The van der Waals surface area contributed by atoms with Crippen molar-refractivity contribution in [1.82, 2.24) is 0 Å². The van der Waals surface area contributed by atoms with E-state index in [0.29, 0.717) is 0 Å². The lowest BCUT2D eigenvalue weighted by molar-refractivity contribution is -0.303. The molecule has 1 amide bonds. The summed E-state index contributed by atoms with van der Waals surface area (Å²) in [5, 5.41) is 37.2. The highest BCUT2D eigenvalue weighted by Gasteiger charge is 2.53. The Labute approximate surface area is 79.7 Å². The summed E-state index contributed by atoms with van der Waals surface area (Å²) in [6.45, 7) is 1.09. The lowest BCUT2D eigenvalue weighted by atomic mass is 9.85. The lowest BCUT2D eigenvalue weighted by Gasteiger charge is -2.43. The highest BCUT2D eigenvalue weighted by Crippen LogP contribution is 2.28. The van der Waals surface area contributed by atoms with Crippen molar-refractivity contribution >= 4 is 5.91 Å². The molecule has 1 unspecified atom stereocenters. The molecule has 1 aliphatic rings. The van der Waals surface area contributed by atoms with Crippen LogP contribution < -0.4 is 5.73 Å². The van der Waals surface area contributed by atoms with E-state index in [1.807, 2.05) is 0 Å². The highest BCUT2D eigenvalue weighted by molar-refractivity contribution is 5.80. The van der Waals surface area contributed by atoms with Crippen molar-refractivity contribution in [2.24, 2.45) is 5.73 Å². The van der Waals surface area contributed by atoms with Crippen LogP contribution in [0, 0.1) is 0 Å². The number of carbonyl (C=O) groups is 1. The van der Waals surface area contributed by atoms with Crippen LogP contribution in [-0.2, 0) is 9.53 Å². The Morgan fingerprint density at radius 2 is 1.93 bits per heavy atom. The molecular formula is C7H13NO6. The standard InChI is InChI=1S/C7H13NO6/c1-7(13)3(10)2(9)6(12)14-4(7)5(8)11/h2-4,6,9-10,12-13H,1H3,(H2,8,11)/t2-,3-,4-,6?,7+/m1/s1. The minimum Gasteiger partial charge on any atom is -0.387 e. The van der Waals surface area contributed by atoms with E-state index >= 15 is 0 Å². The maximum Gasteiger partial charge on any atom is 0.249 e. The quantitative estimate of drug-likeness (QED) is 0.305. The minimum atomic E-state index is -2.02. The maximum absolute atomic E-state index is 10.8. The third-order valence-corrected chi connectivity index (χ3v) is 2.28. The lowest BCUT2D eigenvalue weighted by Crippen LogP contribution is -2.67. The van der Waals surface area contributed by atoms with Crippen molar-refractivity contribution in [3.63, 3.8) is 0 Å². The predicted molar refractivity (Wildman–Crippen MR) is 42.7 cm³/mol. The molecule has 0 spiro atoms. The van der Waals surface area contributed by atoms with Gasteiger partial charge in [-0.25, -0.2) is 0 Å². The van der Waals surface area contributed by atoms with Gasteiger partial charge in [0.15, 0.2) is 12.4 Å². The average Bonchev–Trinajstić information content (AvgIpc) is 2.08. The van der Waals surface area contributed by atoms with Gasteiger partial charge in [0.2, 0.25) is 5.91 Å². The van der Waals surface area contributed by atoms with Gasteiger partial charge in [-0.2, -0.15) is 0 Å². The Morgan fingerprint density at radius 3 is 2.36 bits per heavy atom. The predicted octanol–water partition coefficient (Wildman–Crippen LogP) is -3.34. The first-order chi connectivity index (χ1) is 6.28. The van der Waals surface area contributed by atoms with Gasteiger partial charge in [-0.05, 0) is 6.92 Å². The number of hydrogen-bond acceptors (Lipinski definition) is 6. The molecule has 0 bridgehead atoms. The molecule has 82 valence electrons. The number of aliphatic hydroxyl groups is 4. The summed E-state index contributed by atoms with van der Waals surface area (Å²) in [4.78, 5) is 10.8. The van der Waals surface area contributed by atoms with E-state index in [4.69, 9.17) is 15.9 Å². The van der Waals surface area contributed by atoms with Crippen molar-refractivity contribution in [2.75, 3.05) is 0 Å². The average molecular weight is 207 g/mol.